The van der Waals surface area contributed by atoms with Crippen LogP contribution >= 0.6 is 0 Å². The summed E-state index contributed by atoms with van der Waals surface area (Å²) in [5.74, 6) is -1.81. The molecule has 1 aromatic heterocycles. The standard InChI is InChI=1S/C12H11NO4/c1-6-3-7-8(11(14)12(15)16)5-13-10(7)9(4-6)17-2/h3-5,13H,1-2H3,(H,15,16). The summed E-state index contributed by atoms with van der Waals surface area (Å²) in [6.07, 6.45) is 1.39. The number of carboxylic acids is 1. The first-order valence-corrected chi connectivity index (χ1v) is 4.98. The number of carbonyl (C=O) groups is 2. The SMILES string of the molecule is COc1cc(C)cc2c(C(=O)C(=O)O)c[nH]c12. The van der Waals surface area contributed by atoms with E-state index in [4.69, 9.17) is 9.84 Å². The predicted octanol–water partition coefficient (Wildman–Crippen LogP) is 1.75. The molecule has 2 rings (SSSR count). The van der Waals surface area contributed by atoms with E-state index in [0.29, 0.717) is 16.7 Å². The molecule has 2 aromatic rings. The number of ketones is 1. The number of nitrogens with one attached hydrogen (secondary N) is 1. The van der Waals surface area contributed by atoms with Gasteiger partial charge in [0.2, 0.25) is 0 Å². The summed E-state index contributed by atoms with van der Waals surface area (Å²) in [6, 6.07) is 3.57. The molecular weight excluding hydrogens is 222 g/mol. The van der Waals surface area contributed by atoms with Crippen LogP contribution in [0.1, 0.15) is 15.9 Å². The molecule has 5 nitrogen and oxygen atoms in total. The van der Waals surface area contributed by atoms with Gasteiger partial charge in [0.25, 0.3) is 5.78 Å². The summed E-state index contributed by atoms with van der Waals surface area (Å²) in [5.41, 5.74) is 1.67. The van der Waals surface area contributed by atoms with Gasteiger partial charge < -0.3 is 14.8 Å². The van der Waals surface area contributed by atoms with E-state index < -0.39 is 11.8 Å². The van der Waals surface area contributed by atoms with Gasteiger partial charge in [-0.3, -0.25) is 4.79 Å². The fraction of sp³-hybridized carbons (Fsp3) is 0.167. The molecular formula is C12H11NO4. The Labute approximate surface area is 97.0 Å². The van der Waals surface area contributed by atoms with Gasteiger partial charge in [-0.15, -0.1) is 0 Å². The fourth-order valence-electron chi connectivity index (χ4n) is 1.80. The minimum atomic E-state index is -1.47. The van der Waals surface area contributed by atoms with Crippen molar-refractivity contribution >= 4 is 22.7 Å². The first-order valence-electron chi connectivity index (χ1n) is 4.98. The number of methoxy groups -OCH3 is 1. The van der Waals surface area contributed by atoms with Gasteiger partial charge in [-0.25, -0.2) is 4.79 Å². The molecule has 0 aliphatic rings. The third-order valence-corrected chi connectivity index (χ3v) is 2.56. The van der Waals surface area contributed by atoms with Crippen molar-refractivity contribution in [3.8, 4) is 5.75 Å². The van der Waals surface area contributed by atoms with Crippen molar-refractivity contribution in [2.75, 3.05) is 7.11 Å². The number of hydrogen-bond acceptors (Lipinski definition) is 3. The number of carbonyl (C=O) groups excluding carboxylic acids is 1. The van der Waals surface area contributed by atoms with Crippen LogP contribution in [0, 0.1) is 6.92 Å². The van der Waals surface area contributed by atoms with Crippen molar-refractivity contribution in [2.24, 2.45) is 0 Å². The lowest BCUT2D eigenvalue weighted by Gasteiger charge is -2.03. The lowest BCUT2D eigenvalue weighted by molar-refractivity contribution is -0.131. The normalized spacial score (nSPS) is 10.5. The van der Waals surface area contributed by atoms with Gasteiger partial charge in [0.1, 0.15) is 5.75 Å². The second kappa shape index (κ2) is 3.93. The summed E-state index contributed by atoms with van der Waals surface area (Å²) in [4.78, 5) is 25.0. The van der Waals surface area contributed by atoms with E-state index in [0.717, 1.165) is 5.56 Å². The van der Waals surface area contributed by atoms with E-state index in [2.05, 4.69) is 4.98 Å². The molecule has 0 bridgehead atoms. The quantitative estimate of drug-likeness (QED) is 0.625. The number of Topliss-reactive ketones (excluding diaryl/α,β-unsaturated/α-hetero) is 1. The van der Waals surface area contributed by atoms with E-state index in [9.17, 15) is 9.59 Å². The Morgan fingerprint density at radius 3 is 2.65 bits per heavy atom. The lowest BCUT2D eigenvalue weighted by atomic mass is 10.1. The Morgan fingerprint density at radius 2 is 2.06 bits per heavy atom. The van der Waals surface area contributed by atoms with Crippen LogP contribution in [-0.4, -0.2) is 29.0 Å². The van der Waals surface area contributed by atoms with E-state index in [1.807, 2.05) is 13.0 Å². The summed E-state index contributed by atoms with van der Waals surface area (Å²) in [5, 5.41) is 9.28. The van der Waals surface area contributed by atoms with E-state index in [-0.39, 0.29) is 5.56 Å². The fourth-order valence-corrected chi connectivity index (χ4v) is 1.80. The van der Waals surface area contributed by atoms with E-state index in [1.54, 1.807) is 6.07 Å². The average molecular weight is 233 g/mol. The number of hydrogen-bond donors (Lipinski definition) is 2. The number of H-pyrrole nitrogens is 1. The first kappa shape index (κ1) is 11.2. The number of aryl methyl sites for hydroxylation is 1. The Hall–Kier alpha value is -2.30. The van der Waals surface area contributed by atoms with Crippen LogP contribution in [0.5, 0.6) is 5.75 Å². The van der Waals surface area contributed by atoms with Crippen LogP contribution in [0.2, 0.25) is 0 Å². The van der Waals surface area contributed by atoms with Crippen LogP contribution in [0.15, 0.2) is 18.3 Å². The molecule has 0 aliphatic carbocycles. The maximum absolute atomic E-state index is 11.5. The van der Waals surface area contributed by atoms with Gasteiger partial charge in [-0.2, -0.15) is 0 Å². The molecule has 0 radical (unpaired) electrons. The Kier molecular flexibility index (Phi) is 2.59. The van der Waals surface area contributed by atoms with Gasteiger partial charge in [-0.1, -0.05) is 0 Å². The Morgan fingerprint density at radius 1 is 1.35 bits per heavy atom. The zero-order chi connectivity index (χ0) is 12.6. The second-order valence-electron chi connectivity index (χ2n) is 3.73. The van der Waals surface area contributed by atoms with Crippen LogP contribution < -0.4 is 4.74 Å². The van der Waals surface area contributed by atoms with Crippen LogP contribution in [0.3, 0.4) is 0 Å². The molecule has 0 amide bonds. The highest BCUT2D eigenvalue weighted by molar-refractivity contribution is 6.42. The highest BCUT2D eigenvalue weighted by Crippen LogP contribution is 2.29. The minimum Gasteiger partial charge on any atom is -0.495 e. The predicted molar refractivity (Wildman–Crippen MR) is 61.6 cm³/mol. The van der Waals surface area contributed by atoms with Gasteiger partial charge in [0, 0.05) is 11.6 Å². The number of carboxylic acid groups (broad SMARTS) is 1. The maximum Gasteiger partial charge on any atom is 0.377 e. The van der Waals surface area contributed by atoms with Crippen molar-refractivity contribution < 1.29 is 19.4 Å². The van der Waals surface area contributed by atoms with E-state index >= 15 is 0 Å². The van der Waals surface area contributed by atoms with E-state index in [1.165, 1.54) is 13.3 Å². The topological polar surface area (TPSA) is 79.4 Å². The summed E-state index contributed by atoms with van der Waals surface area (Å²) in [7, 11) is 1.52. The molecule has 0 saturated carbocycles. The maximum atomic E-state index is 11.5. The van der Waals surface area contributed by atoms with Crippen molar-refractivity contribution in [3.63, 3.8) is 0 Å². The number of aliphatic carboxylic acids is 1. The largest absolute Gasteiger partial charge is 0.495 e. The number of ether oxygens (including phenoxy) is 1. The molecule has 1 aromatic carbocycles. The highest BCUT2D eigenvalue weighted by Gasteiger charge is 2.20. The molecule has 2 N–H and O–H groups in total. The summed E-state index contributed by atoms with van der Waals surface area (Å²) < 4.78 is 5.17. The van der Waals surface area contributed by atoms with Crippen molar-refractivity contribution in [1.29, 1.82) is 0 Å². The second-order valence-corrected chi connectivity index (χ2v) is 3.73. The zero-order valence-corrected chi connectivity index (χ0v) is 9.40. The molecule has 17 heavy (non-hydrogen) atoms. The monoisotopic (exact) mass is 233 g/mol. The lowest BCUT2D eigenvalue weighted by Crippen LogP contribution is -2.11. The van der Waals surface area contributed by atoms with Gasteiger partial charge in [0.15, 0.2) is 0 Å². The molecule has 5 heteroatoms. The number of rotatable bonds is 3. The van der Waals surface area contributed by atoms with Gasteiger partial charge in [-0.05, 0) is 24.6 Å². The molecule has 0 atom stereocenters. The minimum absolute atomic E-state index is 0.148. The van der Waals surface area contributed by atoms with Crippen molar-refractivity contribution in [1.82, 2.24) is 4.98 Å². The van der Waals surface area contributed by atoms with Gasteiger partial charge >= 0.3 is 5.97 Å². The molecule has 88 valence electrons. The zero-order valence-electron chi connectivity index (χ0n) is 9.40. The number of fused-ring (bicyclic) bond motifs is 1. The number of benzene rings is 1. The van der Waals surface area contributed by atoms with Crippen LogP contribution in [0.4, 0.5) is 0 Å². The molecule has 1 heterocycles. The molecule has 0 unspecified atom stereocenters. The third kappa shape index (κ3) is 1.75. The van der Waals surface area contributed by atoms with Gasteiger partial charge in [0.05, 0.1) is 18.2 Å². The molecule has 0 spiro atoms. The molecule has 0 aliphatic heterocycles. The number of aromatic nitrogens is 1. The van der Waals surface area contributed by atoms with Crippen LogP contribution in [-0.2, 0) is 4.79 Å². The molecule has 0 fully saturated rings. The highest BCUT2D eigenvalue weighted by atomic mass is 16.5. The average Bonchev–Trinajstić information content (AvgIpc) is 2.70. The Balaban J connectivity index is 2.72. The smallest absolute Gasteiger partial charge is 0.377 e. The summed E-state index contributed by atoms with van der Waals surface area (Å²) >= 11 is 0. The van der Waals surface area contributed by atoms with Crippen molar-refractivity contribution in [2.45, 2.75) is 6.92 Å². The number of aromatic amines is 1. The Bertz CT molecular complexity index is 612. The van der Waals surface area contributed by atoms with Crippen molar-refractivity contribution in [3.05, 3.63) is 29.5 Å². The summed E-state index contributed by atoms with van der Waals surface area (Å²) in [6.45, 7) is 1.85. The van der Waals surface area contributed by atoms with Crippen LogP contribution in [0.25, 0.3) is 10.9 Å². The molecule has 0 saturated heterocycles. The third-order valence-electron chi connectivity index (χ3n) is 2.56. The first-order chi connectivity index (χ1) is 8.04.